The first-order chi connectivity index (χ1) is 10.3. The number of hydrogen-bond donors (Lipinski definition) is 0. The largest absolute Gasteiger partial charge is 0.0509 e. The van der Waals surface area contributed by atoms with Crippen molar-refractivity contribution in [2.75, 3.05) is 0 Å². The quantitative estimate of drug-likeness (QED) is 0.417. The van der Waals surface area contributed by atoms with E-state index in [0.717, 1.165) is 0 Å². The van der Waals surface area contributed by atoms with Gasteiger partial charge in [-0.1, -0.05) is 12.1 Å². The highest BCUT2D eigenvalue weighted by atomic mass is 14.2. The van der Waals surface area contributed by atoms with Gasteiger partial charge in [0, 0.05) is 0 Å². The molecule has 0 aliphatic carbocycles. The van der Waals surface area contributed by atoms with Gasteiger partial charge in [-0.15, -0.1) is 0 Å². The third-order valence-electron chi connectivity index (χ3n) is 5.88. The molecular formula is C22H26. The SMILES string of the molecule is Cc1cc2c(C)c3cc(C)c(C)c(C)c3c(C)c2c(C)c1C. The molecule has 0 spiro atoms. The maximum absolute atomic E-state index is 2.38. The van der Waals surface area contributed by atoms with Gasteiger partial charge in [-0.05, 0) is 121 Å². The summed E-state index contributed by atoms with van der Waals surface area (Å²) in [6, 6.07) is 4.76. The van der Waals surface area contributed by atoms with Crippen LogP contribution in [0.1, 0.15) is 44.5 Å². The van der Waals surface area contributed by atoms with Crippen LogP contribution in [0.4, 0.5) is 0 Å². The third kappa shape index (κ3) is 1.83. The fourth-order valence-corrected chi connectivity index (χ4v) is 3.99. The molecule has 0 saturated heterocycles. The molecule has 0 saturated carbocycles. The molecule has 0 atom stereocenters. The normalized spacial score (nSPS) is 11.6. The number of rotatable bonds is 0. The Balaban J connectivity index is 2.71. The predicted octanol–water partition coefficient (Wildman–Crippen LogP) is 6.46. The Morgan fingerprint density at radius 3 is 1.14 bits per heavy atom. The molecule has 0 N–H and O–H groups in total. The van der Waals surface area contributed by atoms with Crippen molar-refractivity contribution in [3.63, 3.8) is 0 Å². The summed E-state index contributed by atoms with van der Waals surface area (Å²) in [5.41, 5.74) is 11.4. The number of aryl methyl sites for hydroxylation is 6. The van der Waals surface area contributed by atoms with E-state index < -0.39 is 0 Å². The van der Waals surface area contributed by atoms with Crippen LogP contribution < -0.4 is 0 Å². The molecule has 0 heterocycles. The van der Waals surface area contributed by atoms with Crippen LogP contribution in [-0.4, -0.2) is 0 Å². The summed E-state index contributed by atoms with van der Waals surface area (Å²) >= 11 is 0. The van der Waals surface area contributed by atoms with Crippen LogP contribution >= 0.6 is 0 Å². The van der Waals surface area contributed by atoms with E-state index >= 15 is 0 Å². The van der Waals surface area contributed by atoms with Gasteiger partial charge in [0.25, 0.3) is 0 Å². The molecule has 0 bridgehead atoms. The molecule has 0 aromatic heterocycles. The van der Waals surface area contributed by atoms with E-state index in [1.165, 1.54) is 66.1 Å². The van der Waals surface area contributed by atoms with Crippen molar-refractivity contribution in [3.05, 3.63) is 56.6 Å². The Bertz CT molecular complexity index is 865. The van der Waals surface area contributed by atoms with E-state index in [1.54, 1.807) is 0 Å². The van der Waals surface area contributed by atoms with Crippen LogP contribution in [0.15, 0.2) is 12.1 Å². The van der Waals surface area contributed by atoms with E-state index in [4.69, 9.17) is 0 Å². The monoisotopic (exact) mass is 290 g/mol. The first-order valence-corrected chi connectivity index (χ1v) is 8.15. The number of benzene rings is 3. The molecule has 0 heteroatoms. The first-order valence-electron chi connectivity index (χ1n) is 8.15. The Morgan fingerprint density at radius 2 is 0.773 bits per heavy atom. The van der Waals surface area contributed by atoms with Crippen molar-refractivity contribution in [3.8, 4) is 0 Å². The molecule has 0 unspecified atom stereocenters. The maximum Gasteiger partial charge on any atom is -0.0113 e. The summed E-state index contributed by atoms with van der Waals surface area (Å²) in [6.07, 6.45) is 0. The smallest absolute Gasteiger partial charge is 0.0113 e. The highest BCUT2D eigenvalue weighted by Crippen LogP contribution is 2.38. The third-order valence-corrected chi connectivity index (χ3v) is 5.88. The zero-order valence-corrected chi connectivity index (χ0v) is 15.2. The highest BCUT2D eigenvalue weighted by molar-refractivity contribution is 6.08. The van der Waals surface area contributed by atoms with Crippen molar-refractivity contribution < 1.29 is 0 Å². The van der Waals surface area contributed by atoms with Gasteiger partial charge in [0.05, 0.1) is 0 Å². The average Bonchev–Trinajstić information content (AvgIpc) is 2.47. The van der Waals surface area contributed by atoms with E-state index in [1.807, 2.05) is 0 Å². The van der Waals surface area contributed by atoms with Crippen molar-refractivity contribution >= 4 is 21.5 Å². The molecule has 0 radical (unpaired) electrons. The minimum absolute atomic E-state index is 1.40. The van der Waals surface area contributed by atoms with Gasteiger partial charge in [0.15, 0.2) is 0 Å². The van der Waals surface area contributed by atoms with Gasteiger partial charge in [-0.3, -0.25) is 0 Å². The number of fused-ring (bicyclic) bond motifs is 2. The lowest BCUT2D eigenvalue weighted by Gasteiger charge is -2.20. The zero-order chi connectivity index (χ0) is 16.3. The van der Waals surface area contributed by atoms with Crippen LogP contribution in [0.5, 0.6) is 0 Å². The van der Waals surface area contributed by atoms with Crippen LogP contribution in [-0.2, 0) is 0 Å². The summed E-state index contributed by atoms with van der Waals surface area (Å²) in [5, 5.41) is 5.76. The van der Waals surface area contributed by atoms with Crippen molar-refractivity contribution in [1.82, 2.24) is 0 Å². The van der Waals surface area contributed by atoms with E-state index in [2.05, 4.69) is 67.5 Å². The highest BCUT2D eigenvalue weighted by Gasteiger charge is 2.16. The molecule has 0 aliphatic rings. The van der Waals surface area contributed by atoms with Crippen LogP contribution in [0, 0.1) is 55.4 Å². The van der Waals surface area contributed by atoms with Crippen LogP contribution in [0.2, 0.25) is 0 Å². The molecule has 0 fully saturated rings. The molecule has 0 aliphatic heterocycles. The first kappa shape index (κ1) is 15.1. The molecule has 0 amide bonds. The molecule has 114 valence electrons. The van der Waals surface area contributed by atoms with Gasteiger partial charge in [-0.25, -0.2) is 0 Å². The molecule has 3 aromatic rings. The predicted molar refractivity (Wildman–Crippen MR) is 99.4 cm³/mol. The lowest BCUT2D eigenvalue weighted by atomic mass is 9.84. The zero-order valence-electron chi connectivity index (χ0n) is 15.2. The fraction of sp³-hybridized carbons (Fsp3) is 0.364. The van der Waals surface area contributed by atoms with Crippen molar-refractivity contribution in [2.24, 2.45) is 0 Å². The lowest BCUT2D eigenvalue weighted by molar-refractivity contribution is 1.27. The molecular weight excluding hydrogens is 264 g/mol. The molecule has 22 heavy (non-hydrogen) atoms. The summed E-state index contributed by atoms with van der Waals surface area (Å²) < 4.78 is 0. The Hall–Kier alpha value is -1.82. The summed E-state index contributed by atoms with van der Waals surface area (Å²) in [5.74, 6) is 0. The second-order valence-electron chi connectivity index (χ2n) is 6.98. The second kappa shape index (κ2) is 4.84. The van der Waals surface area contributed by atoms with Gasteiger partial charge in [0.1, 0.15) is 0 Å². The van der Waals surface area contributed by atoms with Crippen LogP contribution in [0.25, 0.3) is 21.5 Å². The summed E-state index contributed by atoms with van der Waals surface area (Å²) in [4.78, 5) is 0. The van der Waals surface area contributed by atoms with Crippen molar-refractivity contribution in [2.45, 2.75) is 55.4 Å². The maximum atomic E-state index is 2.38. The van der Waals surface area contributed by atoms with Crippen LogP contribution in [0.3, 0.4) is 0 Å². The van der Waals surface area contributed by atoms with E-state index in [-0.39, 0.29) is 0 Å². The minimum Gasteiger partial charge on any atom is -0.0509 e. The standard InChI is InChI=1S/C22H26/c1-11-9-19-17(7)20-10-12(2)14(4)16(6)22(20)18(8)21(19)15(5)13(11)3/h9-10H,1-8H3. The summed E-state index contributed by atoms with van der Waals surface area (Å²) in [6.45, 7) is 18.1. The van der Waals surface area contributed by atoms with Gasteiger partial charge >= 0.3 is 0 Å². The Morgan fingerprint density at radius 1 is 0.409 bits per heavy atom. The number of hydrogen-bond acceptors (Lipinski definition) is 0. The topological polar surface area (TPSA) is 0 Å². The minimum atomic E-state index is 1.40. The Labute approximate surface area is 134 Å². The second-order valence-corrected chi connectivity index (χ2v) is 6.98. The van der Waals surface area contributed by atoms with Gasteiger partial charge in [0.2, 0.25) is 0 Å². The molecule has 0 nitrogen and oxygen atoms in total. The summed E-state index contributed by atoms with van der Waals surface area (Å²) in [7, 11) is 0. The van der Waals surface area contributed by atoms with E-state index in [9.17, 15) is 0 Å². The van der Waals surface area contributed by atoms with Crippen molar-refractivity contribution in [1.29, 1.82) is 0 Å². The van der Waals surface area contributed by atoms with Gasteiger partial charge < -0.3 is 0 Å². The lowest BCUT2D eigenvalue weighted by Crippen LogP contribution is -1.98. The van der Waals surface area contributed by atoms with Gasteiger partial charge in [-0.2, -0.15) is 0 Å². The average molecular weight is 290 g/mol. The fourth-order valence-electron chi connectivity index (χ4n) is 3.99. The van der Waals surface area contributed by atoms with E-state index in [0.29, 0.717) is 0 Å². The molecule has 3 aromatic carbocycles. The molecule has 3 rings (SSSR count). The Kier molecular flexibility index (Phi) is 3.32.